The van der Waals surface area contributed by atoms with Gasteiger partial charge in [0.15, 0.2) is 0 Å². The van der Waals surface area contributed by atoms with Gasteiger partial charge in [0, 0.05) is 37.4 Å². The highest BCUT2D eigenvalue weighted by Gasteiger charge is 2.29. The molecule has 0 spiro atoms. The van der Waals surface area contributed by atoms with Crippen LogP contribution in [0.5, 0.6) is 0 Å². The molecule has 1 fully saturated rings. The molecule has 1 N–H and O–H groups in total. The molecule has 1 aliphatic heterocycles. The lowest BCUT2D eigenvalue weighted by atomic mass is 10.2. The largest absolute Gasteiger partial charge is 0.369 e. The molecule has 1 aliphatic rings. The van der Waals surface area contributed by atoms with E-state index in [0.29, 0.717) is 13.1 Å². The fourth-order valence-corrected chi connectivity index (χ4v) is 4.98. The van der Waals surface area contributed by atoms with Crippen molar-refractivity contribution in [3.8, 4) is 0 Å². The van der Waals surface area contributed by atoms with Gasteiger partial charge in [-0.3, -0.25) is 4.79 Å². The first-order valence-corrected chi connectivity index (χ1v) is 11.6. The minimum absolute atomic E-state index is 0.131. The second-order valence-corrected chi connectivity index (χ2v) is 9.41. The number of benzene rings is 3. The van der Waals surface area contributed by atoms with Crippen molar-refractivity contribution in [3.63, 3.8) is 0 Å². The molecule has 172 valence electrons. The van der Waals surface area contributed by atoms with Crippen LogP contribution in [0, 0.1) is 17.5 Å². The van der Waals surface area contributed by atoms with E-state index in [1.807, 2.05) is 4.90 Å². The van der Waals surface area contributed by atoms with Crippen LogP contribution in [-0.2, 0) is 10.0 Å². The summed E-state index contributed by atoms with van der Waals surface area (Å²) >= 11 is 0. The molecule has 0 unspecified atom stereocenters. The molecule has 33 heavy (non-hydrogen) atoms. The molecule has 0 aromatic heterocycles. The lowest BCUT2D eigenvalue weighted by Crippen LogP contribution is -2.48. The van der Waals surface area contributed by atoms with Crippen LogP contribution in [0.15, 0.2) is 71.6 Å². The van der Waals surface area contributed by atoms with E-state index < -0.39 is 27.6 Å². The number of hydrogen-bond donors (Lipinski definition) is 1. The Hall–Kier alpha value is -3.37. The third-order valence-corrected chi connectivity index (χ3v) is 7.26. The van der Waals surface area contributed by atoms with Crippen LogP contribution in [0.25, 0.3) is 0 Å². The highest BCUT2D eigenvalue weighted by atomic mass is 32.2. The van der Waals surface area contributed by atoms with E-state index in [1.165, 1.54) is 40.7 Å². The number of halogens is 3. The van der Waals surface area contributed by atoms with E-state index in [1.54, 1.807) is 12.1 Å². The standard InChI is InChI=1S/C23H20F3N3O3S/c24-17-3-1-16(2-4-17)23(30)27-22-10-9-20(15-21(22)26)33(31,32)29-13-11-28(12-14-29)19-7-5-18(25)6-8-19/h1-10,15H,11-14H2,(H,27,30). The maximum absolute atomic E-state index is 14.6. The zero-order valence-electron chi connectivity index (χ0n) is 17.3. The normalized spacial score (nSPS) is 14.8. The summed E-state index contributed by atoms with van der Waals surface area (Å²) in [7, 11) is -3.95. The van der Waals surface area contributed by atoms with Crippen molar-refractivity contribution in [1.29, 1.82) is 0 Å². The Morgan fingerprint density at radius 1 is 0.788 bits per heavy atom. The predicted octanol–water partition coefficient (Wildman–Crippen LogP) is 3.87. The highest BCUT2D eigenvalue weighted by molar-refractivity contribution is 7.89. The second kappa shape index (κ2) is 9.24. The number of carbonyl (C=O) groups is 1. The van der Waals surface area contributed by atoms with Gasteiger partial charge in [-0.2, -0.15) is 4.31 Å². The number of anilines is 2. The Bertz CT molecular complexity index is 1260. The van der Waals surface area contributed by atoms with Crippen LogP contribution in [0.1, 0.15) is 10.4 Å². The van der Waals surface area contributed by atoms with E-state index in [-0.39, 0.29) is 35.1 Å². The highest BCUT2D eigenvalue weighted by Crippen LogP contribution is 2.25. The molecule has 0 bridgehead atoms. The number of carbonyl (C=O) groups excluding carboxylic acids is 1. The lowest BCUT2D eigenvalue weighted by molar-refractivity contribution is 0.102. The molecular weight excluding hydrogens is 455 g/mol. The topological polar surface area (TPSA) is 69.7 Å². The summed E-state index contributed by atoms with van der Waals surface area (Å²) in [5.74, 6) is -2.41. The van der Waals surface area contributed by atoms with Gasteiger partial charge in [0.25, 0.3) is 5.91 Å². The van der Waals surface area contributed by atoms with Crippen LogP contribution >= 0.6 is 0 Å². The van der Waals surface area contributed by atoms with Crippen molar-refractivity contribution in [2.45, 2.75) is 4.90 Å². The fourth-order valence-electron chi connectivity index (χ4n) is 3.54. The Labute approximate surface area is 189 Å². The first kappa shape index (κ1) is 22.8. The molecule has 10 heteroatoms. The number of nitrogens with one attached hydrogen (secondary N) is 1. The van der Waals surface area contributed by atoms with Crippen LogP contribution in [0.3, 0.4) is 0 Å². The average Bonchev–Trinajstić information content (AvgIpc) is 2.81. The van der Waals surface area contributed by atoms with E-state index >= 15 is 0 Å². The minimum Gasteiger partial charge on any atom is -0.369 e. The first-order chi connectivity index (χ1) is 15.7. The Balaban J connectivity index is 1.44. The molecule has 1 amide bonds. The number of nitrogens with zero attached hydrogens (tertiary/aromatic N) is 2. The van der Waals surface area contributed by atoms with E-state index in [2.05, 4.69) is 5.32 Å². The van der Waals surface area contributed by atoms with Crippen molar-refractivity contribution in [2.24, 2.45) is 0 Å². The third-order valence-electron chi connectivity index (χ3n) is 5.36. The van der Waals surface area contributed by atoms with Crippen LogP contribution in [-0.4, -0.2) is 44.8 Å². The zero-order chi connectivity index (χ0) is 23.6. The number of piperazine rings is 1. The lowest BCUT2D eigenvalue weighted by Gasteiger charge is -2.35. The quantitative estimate of drug-likeness (QED) is 0.609. The molecule has 4 rings (SSSR count). The summed E-state index contributed by atoms with van der Waals surface area (Å²) in [5.41, 5.74) is 0.733. The molecule has 1 heterocycles. The summed E-state index contributed by atoms with van der Waals surface area (Å²) in [5, 5.41) is 2.35. The summed E-state index contributed by atoms with van der Waals surface area (Å²) in [6, 6.07) is 14.0. The van der Waals surface area contributed by atoms with Crippen molar-refractivity contribution in [2.75, 3.05) is 36.4 Å². The second-order valence-electron chi connectivity index (χ2n) is 7.47. The SMILES string of the molecule is O=C(Nc1ccc(S(=O)(=O)N2CCN(c3ccc(F)cc3)CC2)cc1F)c1ccc(F)cc1. The summed E-state index contributed by atoms with van der Waals surface area (Å²) in [6.45, 7) is 1.17. The summed E-state index contributed by atoms with van der Waals surface area (Å²) in [6.07, 6.45) is 0. The predicted molar refractivity (Wildman–Crippen MR) is 118 cm³/mol. The van der Waals surface area contributed by atoms with Gasteiger partial charge in [-0.25, -0.2) is 21.6 Å². The van der Waals surface area contributed by atoms with Crippen LogP contribution < -0.4 is 10.2 Å². The Morgan fingerprint density at radius 3 is 1.94 bits per heavy atom. The molecule has 0 aliphatic carbocycles. The van der Waals surface area contributed by atoms with Crippen molar-refractivity contribution in [3.05, 3.63) is 89.7 Å². The molecule has 1 saturated heterocycles. The minimum atomic E-state index is -3.95. The number of sulfonamides is 1. The smallest absolute Gasteiger partial charge is 0.255 e. The third kappa shape index (κ3) is 5.01. The maximum Gasteiger partial charge on any atom is 0.255 e. The van der Waals surface area contributed by atoms with Gasteiger partial charge in [0.1, 0.15) is 17.5 Å². The molecule has 0 saturated carbocycles. The maximum atomic E-state index is 14.6. The van der Waals surface area contributed by atoms with Gasteiger partial charge in [-0.1, -0.05) is 0 Å². The summed E-state index contributed by atoms with van der Waals surface area (Å²) < 4.78 is 68.0. The van der Waals surface area contributed by atoms with Crippen molar-refractivity contribution in [1.82, 2.24) is 4.31 Å². The van der Waals surface area contributed by atoms with E-state index in [0.717, 1.165) is 23.9 Å². The first-order valence-electron chi connectivity index (χ1n) is 10.1. The number of hydrogen-bond acceptors (Lipinski definition) is 4. The molecule has 0 radical (unpaired) electrons. The Kier molecular flexibility index (Phi) is 6.39. The summed E-state index contributed by atoms with van der Waals surface area (Å²) in [4.78, 5) is 13.9. The van der Waals surface area contributed by atoms with Gasteiger partial charge >= 0.3 is 0 Å². The molecule has 3 aromatic rings. The van der Waals surface area contributed by atoms with E-state index in [4.69, 9.17) is 0 Å². The average molecular weight is 475 g/mol. The van der Waals surface area contributed by atoms with Crippen molar-refractivity contribution < 1.29 is 26.4 Å². The molecule has 0 atom stereocenters. The number of rotatable bonds is 5. The zero-order valence-corrected chi connectivity index (χ0v) is 18.2. The van der Waals surface area contributed by atoms with Gasteiger partial charge in [-0.15, -0.1) is 0 Å². The van der Waals surface area contributed by atoms with Crippen LogP contribution in [0.2, 0.25) is 0 Å². The Morgan fingerprint density at radius 2 is 1.36 bits per heavy atom. The van der Waals surface area contributed by atoms with Crippen LogP contribution in [0.4, 0.5) is 24.5 Å². The monoisotopic (exact) mass is 475 g/mol. The van der Waals surface area contributed by atoms with Gasteiger partial charge in [-0.05, 0) is 66.7 Å². The van der Waals surface area contributed by atoms with Gasteiger partial charge in [0.05, 0.1) is 10.6 Å². The molecular formula is C23H20F3N3O3S. The van der Waals surface area contributed by atoms with Gasteiger partial charge < -0.3 is 10.2 Å². The van der Waals surface area contributed by atoms with Gasteiger partial charge in [0.2, 0.25) is 10.0 Å². The number of amides is 1. The molecule has 6 nitrogen and oxygen atoms in total. The fraction of sp³-hybridized carbons (Fsp3) is 0.174. The molecule has 3 aromatic carbocycles. The van der Waals surface area contributed by atoms with E-state index in [9.17, 15) is 26.4 Å². The van der Waals surface area contributed by atoms with Crippen molar-refractivity contribution >= 4 is 27.3 Å².